The van der Waals surface area contributed by atoms with Crippen molar-refractivity contribution in [2.75, 3.05) is 20.1 Å². The summed E-state index contributed by atoms with van der Waals surface area (Å²) in [5.74, 6) is 0. The zero-order valence-corrected chi connectivity index (χ0v) is 10.3. The van der Waals surface area contributed by atoms with Crippen molar-refractivity contribution in [3.63, 3.8) is 0 Å². The van der Waals surface area contributed by atoms with E-state index in [1.54, 1.807) is 0 Å². The van der Waals surface area contributed by atoms with Gasteiger partial charge in [-0.1, -0.05) is 43.7 Å². The molecule has 0 bridgehead atoms. The van der Waals surface area contributed by atoms with E-state index in [0.29, 0.717) is 6.04 Å². The molecule has 1 fully saturated rings. The Labute approximate surface area is 98.7 Å². The Morgan fingerprint density at radius 1 is 1.31 bits per heavy atom. The first-order valence-electron chi connectivity index (χ1n) is 6.30. The molecule has 1 N–H and O–H groups in total. The molecule has 2 rings (SSSR count). The van der Waals surface area contributed by atoms with Gasteiger partial charge in [0, 0.05) is 25.2 Å². The van der Waals surface area contributed by atoms with Crippen LogP contribution in [0.4, 0.5) is 0 Å². The maximum Gasteiger partial charge on any atom is 0.0348 e. The molecule has 2 nitrogen and oxygen atoms in total. The average molecular weight is 218 g/mol. The zero-order valence-electron chi connectivity index (χ0n) is 10.3. The standard InChI is InChI=1S/C14H22N2/c1-3-7-14(12-8-5-4-6-9-12)16(2)13-10-15-11-13/h4-6,8-9,13-15H,3,7,10-11H2,1-2H3. The zero-order chi connectivity index (χ0) is 11.4. The molecular weight excluding hydrogens is 196 g/mol. The SMILES string of the molecule is CCCC(c1ccccc1)N(C)C1CNC1. The highest BCUT2D eigenvalue weighted by Gasteiger charge is 2.27. The Balaban J connectivity index is 2.09. The van der Waals surface area contributed by atoms with Crippen LogP contribution in [0.2, 0.25) is 0 Å². The van der Waals surface area contributed by atoms with Gasteiger partial charge in [-0.25, -0.2) is 0 Å². The summed E-state index contributed by atoms with van der Waals surface area (Å²) < 4.78 is 0. The maximum atomic E-state index is 3.35. The summed E-state index contributed by atoms with van der Waals surface area (Å²) >= 11 is 0. The number of nitrogens with one attached hydrogen (secondary N) is 1. The molecule has 16 heavy (non-hydrogen) atoms. The third-order valence-electron chi connectivity index (χ3n) is 3.57. The third kappa shape index (κ3) is 2.45. The first-order valence-corrected chi connectivity index (χ1v) is 6.30. The minimum atomic E-state index is 0.582. The molecule has 1 aliphatic rings. The molecule has 1 atom stereocenters. The summed E-state index contributed by atoms with van der Waals surface area (Å²) in [5.41, 5.74) is 1.46. The Morgan fingerprint density at radius 3 is 2.50 bits per heavy atom. The molecule has 1 aromatic carbocycles. The Morgan fingerprint density at radius 2 is 2.00 bits per heavy atom. The Hall–Kier alpha value is -0.860. The van der Waals surface area contributed by atoms with Crippen LogP contribution in [-0.2, 0) is 0 Å². The van der Waals surface area contributed by atoms with Gasteiger partial charge in [-0.3, -0.25) is 4.90 Å². The maximum absolute atomic E-state index is 3.35. The van der Waals surface area contributed by atoms with Crippen LogP contribution in [0.1, 0.15) is 31.4 Å². The molecule has 0 spiro atoms. The summed E-state index contributed by atoms with van der Waals surface area (Å²) in [7, 11) is 2.26. The second-order valence-electron chi connectivity index (χ2n) is 4.69. The lowest BCUT2D eigenvalue weighted by molar-refractivity contribution is 0.121. The van der Waals surface area contributed by atoms with Gasteiger partial charge in [0.05, 0.1) is 0 Å². The van der Waals surface area contributed by atoms with E-state index >= 15 is 0 Å². The first kappa shape index (κ1) is 11.6. The van der Waals surface area contributed by atoms with E-state index in [-0.39, 0.29) is 0 Å². The van der Waals surface area contributed by atoms with Gasteiger partial charge in [-0.2, -0.15) is 0 Å². The van der Waals surface area contributed by atoms with Crippen LogP contribution in [0, 0.1) is 0 Å². The molecule has 1 aliphatic heterocycles. The molecule has 0 aliphatic carbocycles. The molecule has 1 unspecified atom stereocenters. The summed E-state index contributed by atoms with van der Waals surface area (Å²) in [5, 5.41) is 3.35. The molecule has 0 aromatic heterocycles. The van der Waals surface area contributed by atoms with E-state index in [1.807, 2.05) is 0 Å². The highest BCUT2D eigenvalue weighted by Crippen LogP contribution is 2.26. The molecule has 88 valence electrons. The molecule has 0 amide bonds. The van der Waals surface area contributed by atoms with Gasteiger partial charge in [0.2, 0.25) is 0 Å². The molecule has 1 saturated heterocycles. The highest BCUT2D eigenvalue weighted by molar-refractivity contribution is 5.19. The van der Waals surface area contributed by atoms with E-state index in [0.717, 1.165) is 19.1 Å². The van der Waals surface area contributed by atoms with Gasteiger partial charge in [0.25, 0.3) is 0 Å². The van der Waals surface area contributed by atoms with Crippen molar-refractivity contribution >= 4 is 0 Å². The van der Waals surface area contributed by atoms with Crippen LogP contribution in [0.25, 0.3) is 0 Å². The van der Waals surface area contributed by atoms with E-state index in [2.05, 4.69) is 54.5 Å². The van der Waals surface area contributed by atoms with E-state index < -0.39 is 0 Å². The smallest absolute Gasteiger partial charge is 0.0348 e. The predicted molar refractivity (Wildman–Crippen MR) is 68.5 cm³/mol. The van der Waals surface area contributed by atoms with E-state index in [4.69, 9.17) is 0 Å². The van der Waals surface area contributed by atoms with Crippen LogP contribution in [0.5, 0.6) is 0 Å². The average Bonchev–Trinajstić information content (AvgIpc) is 2.24. The lowest BCUT2D eigenvalue weighted by Crippen LogP contribution is -2.56. The van der Waals surface area contributed by atoms with E-state index in [9.17, 15) is 0 Å². The van der Waals surface area contributed by atoms with Crippen molar-refractivity contribution in [1.82, 2.24) is 10.2 Å². The molecule has 1 aromatic rings. The van der Waals surface area contributed by atoms with Gasteiger partial charge in [-0.05, 0) is 19.0 Å². The van der Waals surface area contributed by atoms with Crippen LogP contribution in [-0.4, -0.2) is 31.1 Å². The topological polar surface area (TPSA) is 15.3 Å². The molecular formula is C14H22N2. The van der Waals surface area contributed by atoms with Crippen molar-refractivity contribution in [2.24, 2.45) is 0 Å². The van der Waals surface area contributed by atoms with Crippen LogP contribution in [0.3, 0.4) is 0 Å². The van der Waals surface area contributed by atoms with Crippen molar-refractivity contribution in [1.29, 1.82) is 0 Å². The highest BCUT2D eigenvalue weighted by atomic mass is 15.2. The van der Waals surface area contributed by atoms with Gasteiger partial charge < -0.3 is 5.32 Å². The van der Waals surface area contributed by atoms with Crippen molar-refractivity contribution < 1.29 is 0 Å². The second-order valence-corrected chi connectivity index (χ2v) is 4.69. The Kier molecular flexibility index (Phi) is 3.97. The number of hydrogen-bond donors (Lipinski definition) is 1. The Bertz CT molecular complexity index is 306. The summed E-state index contributed by atoms with van der Waals surface area (Å²) in [6.45, 7) is 4.55. The summed E-state index contributed by atoms with van der Waals surface area (Å²) in [4.78, 5) is 2.54. The lowest BCUT2D eigenvalue weighted by atomic mass is 9.98. The first-order chi connectivity index (χ1) is 7.83. The molecule has 0 radical (unpaired) electrons. The van der Waals surface area contributed by atoms with Gasteiger partial charge in [0.15, 0.2) is 0 Å². The fraction of sp³-hybridized carbons (Fsp3) is 0.571. The largest absolute Gasteiger partial charge is 0.314 e. The van der Waals surface area contributed by atoms with Crippen LogP contribution < -0.4 is 5.32 Å². The monoisotopic (exact) mass is 218 g/mol. The van der Waals surface area contributed by atoms with Gasteiger partial charge in [0.1, 0.15) is 0 Å². The van der Waals surface area contributed by atoms with E-state index in [1.165, 1.54) is 18.4 Å². The lowest BCUT2D eigenvalue weighted by Gasteiger charge is -2.40. The fourth-order valence-electron chi connectivity index (χ4n) is 2.37. The third-order valence-corrected chi connectivity index (χ3v) is 3.57. The minimum Gasteiger partial charge on any atom is -0.314 e. The number of hydrogen-bond acceptors (Lipinski definition) is 2. The molecule has 2 heteroatoms. The molecule has 0 saturated carbocycles. The molecule has 1 heterocycles. The van der Waals surface area contributed by atoms with Crippen LogP contribution >= 0.6 is 0 Å². The fourth-order valence-corrected chi connectivity index (χ4v) is 2.37. The van der Waals surface area contributed by atoms with Gasteiger partial charge >= 0.3 is 0 Å². The van der Waals surface area contributed by atoms with Crippen molar-refractivity contribution in [3.8, 4) is 0 Å². The van der Waals surface area contributed by atoms with Crippen LogP contribution in [0.15, 0.2) is 30.3 Å². The number of benzene rings is 1. The van der Waals surface area contributed by atoms with Crippen molar-refractivity contribution in [3.05, 3.63) is 35.9 Å². The van der Waals surface area contributed by atoms with Crippen molar-refractivity contribution in [2.45, 2.75) is 31.8 Å². The number of rotatable bonds is 5. The second kappa shape index (κ2) is 5.46. The minimum absolute atomic E-state index is 0.582. The summed E-state index contributed by atoms with van der Waals surface area (Å²) in [6, 6.07) is 12.2. The normalized spacial score (nSPS) is 18.4. The number of nitrogens with zero attached hydrogens (tertiary/aromatic N) is 1. The van der Waals surface area contributed by atoms with Gasteiger partial charge in [-0.15, -0.1) is 0 Å². The predicted octanol–water partition coefficient (Wildman–Crippen LogP) is 2.43. The quantitative estimate of drug-likeness (QED) is 0.816. The number of likely N-dealkylation sites (N-methyl/N-ethyl adjacent to an activating group) is 1. The summed E-state index contributed by atoms with van der Waals surface area (Å²) in [6.07, 6.45) is 2.49.